The Labute approximate surface area is 166 Å². The van der Waals surface area contributed by atoms with Crippen molar-refractivity contribution in [1.82, 2.24) is 25.3 Å². The molecule has 2 saturated heterocycles. The molecule has 0 bridgehead atoms. The van der Waals surface area contributed by atoms with Crippen LogP contribution in [0.1, 0.15) is 46.0 Å². The number of rotatable bonds is 7. The summed E-state index contributed by atoms with van der Waals surface area (Å²) in [5.41, 5.74) is 0. The summed E-state index contributed by atoms with van der Waals surface area (Å²) in [5, 5.41) is 7.24. The number of nitrogens with one attached hydrogen (secondary N) is 2. The zero-order valence-corrected chi connectivity index (χ0v) is 17.9. The van der Waals surface area contributed by atoms with Crippen LogP contribution in [0, 0.1) is 5.92 Å². The smallest absolute Gasteiger partial charge is 0.191 e. The Kier molecular flexibility index (Phi) is 8.22. The molecule has 0 radical (unpaired) electrons. The monoisotopic (exact) mass is 378 g/mol. The molecule has 156 valence electrons. The summed E-state index contributed by atoms with van der Waals surface area (Å²) in [7, 11) is 1.90. The molecular weight excluding hydrogens is 336 g/mol. The molecule has 3 aliphatic rings. The Morgan fingerprint density at radius 1 is 1.04 bits per heavy atom. The van der Waals surface area contributed by atoms with Gasteiger partial charge in [0.1, 0.15) is 0 Å². The van der Waals surface area contributed by atoms with Gasteiger partial charge >= 0.3 is 0 Å². The van der Waals surface area contributed by atoms with Gasteiger partial charge in [0.15, 0.2) is 5.96 Å². The van der Waals surface area contributed by atoms with E-state index < -0.39 is 0 Å². The van der Waals surface area contributed by atoms with Gasteiger partial charge in [-0.05, 0) is 31.7 Å². The summed E-state index contributed by atoms with van der Waals surface area (Å²) in [6.45, 7) is 15.3. The molecule has 0 aromatic heterocycles. The van der Waals surface area contributed by atoms with Gasteiger partial charge in [0.2, 0.25) is 0 Å². The topological polar surface area (TPSA) is 46.1 Å². The second kappa shape index (κ2) is 10.6. The maximum Gasteiger partial charge on any atom is 0.191 e. The fourth-order valence-electron chi connectivity index (χ4n) is 4.96. The Hall–Kier alpha value is -0.850. The highest BCUT2D eigenvalue weighted by Gasteiger charge is 2.30. The number of guanidine groups is 1. The standard InChI is InChI=1S/C21H42N6/c1-4-25-11-13-26(14-12-25)16-18(2)15-23-21(22-3)24-19-9-10-27(17-19)20-7-5-6-8-20/h18-20H,4-17H2,1-3H3,(H2,22,23,24). The first-order valence-electron chi connectivity index (χ1n) is 11.3. The quantitative estimate of drug-likeness (QED) is 0.519. The van der Waals surface area contributed by atoms with E-state index in [0.717, 1.165) is 18.5 Å². The molecule has 0 amide bonds. The molecule has 2 atom stereocenters. The third-order valence-corrected chi connectivity index (χ3v) is 6.73. The molecule has 3 rings (SSSR count). The lowest BCUT2D eigenvalue weighted by molar-refractivity contribution is 0.124. The first-order chi connectivity index (χ1) is 13.2. The zero-order valence-electron chi connectivity index (χ0n) is 17.9. The molecule has 0 spiro atoms. The van der Waals surface area contributed by atoms with Crippen LogP contribution >= 0.6 is 0 Å². The molecule has 6 nitrogen and oxygen atoms in total. The number of hydrogen-bond donors (Lipinski definition) is 2. The lowest BCUT2D eigenvalue weighted by Gasteiger charge is -2.35. The average Bonchev–Trinajstić information content (AvgIpc) is 3.37. The summed E-state index contributed by atoms with van der Waals surface area (Å²) in [6.07, 6.45) is 6.91. The largest absolute Gasteiger partial charge is 0.356 e. The lowest BCUT2D eigenvalue weighted by Crippen LogP contribution is -2.49. The molecular formula is C21H42N6. The first kappa shape index (κ1) is 20.9. The van der Waals surface area contributed by atoms with E-state index >= 15 is 0 Å². The van der Waals surface area contributed by atoms with Gasteiger partial charge in [-0.1, -0.05) is 26.7 Å². The van der Waals surface area contributed by atoms with Gasteiger partial charge in [-0.2, -0.15) is 0 Å². The van der Waals surface area contributed by atoms with E-state index in [1.165, 1.54) is 84.5 Å². The van der Waals surface area contributed by atoms with Crippen molar-refractivity contribution in [3.8, 4) is 0 Å². The molecule has 2 unspecified atom stereocenters. The summed E-state index contributed by atoms with van der Waals surface area (Å²) < 4.78 is 0. The minimum Gasteiger partial charge on any atom is -0.356 e. The van der Waals surface area contributed by atoms with Crippen molar-refractivity contribution in [2.24, 2.45) is 10.9 Å². The molecule has 27 heavy (non-hydrogen) atoms. The number of aliphatic imine (C=N–C) groups is 1. The molecule has 1 saturated carbocycles. The van der Waals surface area contributed by atoms with E-state index in [2.05, 4.69) is 44.2 Å². The highest BCUT2D eigenvalue weighted by atomic mass is 15.3. The molecule has 3 fully saturated rings. The van der Waals surface area contributed by atoms with Crippen molar-refractivity contribution in [2.75, 3.05) is 66.0 Å². The molecule has 2 heterocycles. The molecule has 0 aromatic carbocycles. The Morgan fingerprint density at radius 2 is 1.74 bits per heavy atom. The van der Waals surface area contributed by atoms with Crippen LogP contribution in [0.2, 0.25) is 0 Å². The third kappa shape index (κ3) is 6.33. The predicted molar refractivity (Wildman–Crippen MR) is 114 cm³/mol. The van der Waals surface area contributed by atoms with Crippen molar-refractivity contribution in [3.05, 3.63) is 0 Å². The van der Waals surface area contributed by atoms with Gasteiger partial charge in [-0.15, -0.1) is 0 Å². The number of likely N-dealkylation sites (tertiary alicyclic amines) is 1. The second-order valence-corrected chi connectivity index (χ2v) is 8.86. The van der Waals surface area contributed by atoms with Crippen LogP contribution in [-0.4, -0.2) is 98.7 Å². The Balaban J connectivity index is 1.33. The van der Waals surface area contributed by atoms with Gasteiger partial charge in [-0.25, -0.2) is 0 Å². The van der Waals surface area contributed by atoms with Crippen molar-refractivity contribution < 1.29 is 0 Å². The van der Waals surface area contributed by atoms with Crippen LogP contribution < -0.4 is 10.6 Å². The fourth-order valence-corrected chi connectivity index (χ4v) is 4.96. The number of hydrogen-bond acceptors (Lipinski definition) is 4. The van der Waals surface area contributed by atoms with E-state index in [9.17, 15) is 0 Å². The predicted octanol–water partition coefficient (Wildman–Crippen LogP) is 1.44. The van der Waals surface area contributed by atoms with Crippen molar-refractivity contribution >= 4 is 5.96 Å². The lowest BCUT2D eigenvalue weighted by atomic mass is 10.1. The Bertz CT molecular complexity index is 454. The van der Waals surface area contributed by atoms with Gasteiger partial charge < -0.3 is 20.4 Å². The van der Waals surface area contributed by atoms with E-state index in [1.807, 2.05) is 7.05 Å². The SMILES string of the molecule is CCN1CCN(CC(C)CNC(=NC)NC2CCN(C3CCCC3)C2)CC1. The van der Waals surface area contributed by atoms with Gasteiger partial charge in [-0.3, -0.25) is 9.89 Å². The maximum atomic E-state index is 4.47. The normalized spacial score (nSPS) is 28.0. The summed E-state index contributed by atoms with van der Waals surface area (Å²) >= 11 is 0. The van der Waals surface area contributed by atoms with Gasteiger partial charge in [0, 0.05) is 71.5 Å². The summed E-state index contributed by atoms with van der Waals surface area (Å²) in [4.78, 5) is 12.3. The van der Waals surface area contributed by atoms with Crippen LogP contribution in [-0.2, 0) is 0 Å². The highest BCUT2D eigenvalue weighted by Crippen LogP contribution is 2.26. The van der Waals surface area contributed by atoms with Gasteiger partial charge in [0.05, 0.1) is 0 Å². The molecule has 6 heteroatoms. The van der Waals surface area contributed by atoms with Crippen molar-refractivity contribution in [3.63, 3.8) is 0 Å². The first-order valence-corrected chi connectivity index (χ1v) is 11.3. The molecule has 2 aliphatic heterocycles. The van der Waals surface area contributed by atoms with E-state index in [-0.39, 0.29) is 0 Å². The molecule has 2 N–H and O–H groups in total. The molecule has 1 aliphatic carbocycles. The minimum absolute atomic E-state index is 0.550. The van der Waals surface area contributed by atoms with Gasteiger partial charge in [0.25, 0.3) is 0 Å². The zero-order chi connectivity index (χ0) is 19.1. The number of nitrogens with zero attached hydrogens (tertiary/aromatic N) is 4. The third-order valence-electron chi connectivity index (χ3n) is 6.73. The number of piperazine rings is 1. The minimum atomic E-state index is 0.550. The molecule has 0 aromatic rings. The van der Waals surface area contributed by atoms with Crippen molar-refractivity contribution in [1.29, 1.82) is 0 Å². The van der Waals surface area contributed by atoms with Crippen molar-refractivity contribution in [2.45, 2.75) is 58.0 Å². The van der Waals surface area contributed by atoms with E-state index in [0.29, 0.717) is 12.0 Å². The fraction of sp³-hybridized carbons (Fsp3) is 0.952. The maximum absolute atomic E-state index is 4.47. The van der Waals surface area contributed by atoms with E-state index in [4.69, 9.17) is 0 Å². The van der Waals surface area contributed by atoms with Crippen LogP contribution in [0.5, 0.6) is 0 Å². The highest BCUT2D eigenvalue weighted by molar-refractivity contribution is 5.80. The van der Waals surface area contributed by atoms with Crippen LogP contribution in [0.15, 0.2) is 4.99 Å². The average molecular weight is 379 g/mol. The van der Waals surface area contributed by atoms with Crippen LogP contribution in [0.25, 0.3) is 0 Å². The summed E-state index contributed by atoms with van der Waals surface area (Å²) in [5.74, 6) is 1.62. The number of likely N-dealkylation sites (N-methyl/N-ethyl adjacent to an activating group) is 1. The summed E-state index contributed by atoms with van der Waals surface area (Å²) in [6, 6.07) is 1.40. The Morgan fingerprint density at radius 3 is 2.41 bits per heavy atom. The van der Waals surface area contributed by atoms with E-state index in [1.54, 1.807) is 0 Å². The van der Waals surface area contributed by atoms with Crippen LogP contribution in [0.3, 0.4) is 0 Å². The van der Waals surface area contributed by atoms with Crippen LogP contribution in [0.4, 0.5) is 0 Å². The second-order valence-electron chi connectivity index (χ2n) is 8.86.